The average molecular weight is 289 g/mol. The van der Waals surface area contributed by atoms with Crippen LogP contribution in [0.25, 0.3) is 0 Å². The normalized spacial score (nSPS) is 23.1. The van der Waals surface area contributed by atoms with Crippen molar-refractivity contribution in [2.24, 2.45) is 5.92 Å². The Labute approximate surface area is 114 Å². The lowest BCUT2D eigenvalue weighted by Crippen LogP contribution is -2.42. The van der Waals surface area contributed by atoms with Crippen molar-refractivity contribution in [3.05, 3.63) is 33.1 Å². The van der Waals surface area contributed by atoms with E-state index in [4.69, 9.17) is 16.3 Å². The Morgan fingerprint density at radius 1 is 1.58 bits per heavy atom. The topological polar surface area (TPSA) is 64.4 Å². The number of nitro benzene ring substituents is 1. The fourth-order valence-corrected chi connectivity index (χ4v) is 2.20. The molecular formula is C12H14ClFN2O3. The molecule has 0 aromatic heterocycles. The molecule has 2 unspecified atom stereocenters. The predicted molar refractivity (Wildman–Crippen MR) is 69.1 cm³/mol. The number of nitro groups is 1. The quantitative estimate of drug-likeness (QED) is 0.686. The molecule has 1 fully saturated rings. The third kappa shape index (κ3) is 3.13. The molecule has 1 aromatic rings. The maximum absolute atomic E-state index is 13.4. The molecule has 19 heavy (non-hydrogen) atoms. The van der Waals surface area contributed by atoms with Gasteiger partial charge in [-0.3, -0.25) is 10.1 Å². The van der Waals surface area contributed by atoms with Gasteiger partial charge in [0.25, 0.3) is 0 Å². The number of ether oxygens (including phenoxy) is 1. The molecule has 0 amide bonds. The number of nitrogens with one attached hydrogen (secondary N) is 1. The number of hydrogen-bond acceptors (Lipinski definition) is 4. The van der Waals surface area contributed by atoms with Crippen LogP contribution < -0.4 is 10.1 Å². The second-order valence-corrected chi connectivity index (χ2v) is 5.02. The van der Waals surface area contributed by atoms with Crippen molar-refractivity contribution in [1.82, 2.24) is 5.32 Å². The van der Waals surface area contributed by atoms with Gasteiger partial charge < -0.3 is 10.1 Å². The summed E-state index contributed by atoms with van der Waals surface area (Å²) in [5, 5.41) is 13.8. The first-order chi connectivity index (χ1) is 8.99. The maximum Gasteiger partial charge on any atom is 0.312 e. The minimum atomic E-state index is -0.723. The number of rotatable bonds is 3. The number of halogens is 2. The van der Waals surface area contributed by atoms with E-state index in [9.17, 15) is 14.5 Å². The Bertz CT molecular complexity index is 498. The van der Waals surface area contributed by atoms with Gasteiger partial charge in [-0.15, -0.1) is 0 Å². The van der Waals surface area contributed by atoms with E-state index in [-0.39, 0.29) is 28.5 Å². The highest BCUT2D eigenvalue weighted by Crippen LogP contribution is 2.34. The number of benzene rings is 1. The third-order valence-corrected chi connectivity index (χ3v) is 3.52. The number of hydrogen-bond donors (Lipinski definition) is 1. The standard InChI is InChI=1S/C12H14ClFN2O3/c1-7-2-3-15-6-12(7)19-11-5-9(14)8(13)4-10(11)16(17)18/h4-5,7,12,15H,2-3,6H2,1H3. The Balaban J connectivity index is 2.27. The van der Waals surface area contributed by atoms with Gasteiger partial charge in [-0.05, 0) is 18.9 Å². The van der Waals surface area contributed by atoms with Gasteiger partial charge in [0.05, 0.1) is 9.95 Å². The largest absolute Gasteiger partial charge is 0.482 e. The van der Waals surface area contributed by atoms with E-state index in [2.05, 4.69) is 5.32 Å². The first kappa shape index (κ1) is 14.0. The molecule has 1 aliphatic heterocycles. The smallest absolute Gasteiger partial charge is 0.312 e. The molecule has 5 nitrogen and oxygen atoms in total. The second-order valence-electron chi connectivity index (χ2n) is 4.62. The molecule has 0 bridgehead atoms. The number of nitrogens with zero attached hydrogens (tertiary/aromatic N) is 1. The highest BCUT2D eigenvalue weighted by Gasteiger charge is 2.27. The predicted octanol–water partition coefficient (Wildman–Crippen LogP) is 2.76. The van der Waals surface area contributed by atoms with Crippen LogP contribution in [0.2, 0.25) is 5.02 Å². The highest BCUT2D eigenvalue weighted by molar-refractivity contribution is 6.31. The van der Waals surface area contributed by atoms with Crippen LogP contribution in [0.15, 0.2) is 12.1 Å². The summed E-state index contributed by atoms with van der Waals surface area (Å²) < 4.78 is 19.0. The van der Waals surface area contributed by atoms with Crippen molar-refractivity contribution in [1.29, 1.82) is 0 Å². The molecule has 0 spiro atoms. The van der Waals surface area contributed by atoms with E-state index >= 15 is 0 Å². The van der Waals surface area contributed by atoms with Gasteiger partial charge >= 0.3 is 5.69 Å². The molecule has 0 saturated carbocycles. The summed E-state index contributed by atoms with van der Waals surface area (Å²) in [6.07, 6.45) is 0.696. The summed E-state index contributed by atoms with van der Waals surface area (Å²) in [6, 6.07) is 1.95. The second kappa shape index (κ2) is 5.71. The minimum absolute atomic E-state index is 0.0764. The zero-order valence-electron chi connectivity index (χ0n) is 10.4. The summed E-state index contributed by atoms with van der Waals surface area (Å²) in [5.41, 5.74) is -0.316. The molecular weight excluding hydrogens is 275 g/mol. The van der Waals surface area contributed by atoms with Crippen LogP contribution in [0.3, 0.4) is 0 Å². The van der Waals surface area contributed by atoms with Crippen molar-refractivity contribution in [3.63, 3.8) is 0 Å². The first-order valence-electron chi connectivity index (χ1n) is 6.00. The van der Waals surface area contributed by atoms with Gasteiger partial charge in [-0.2, -0.15) is 0 Å². The fraction of sp³-hybridized carbons (Fsp3) is 0.500. The average Bonchev–Trinajstić information content (AvgIpc) is 2.36. The van der Waals surface area contributed by atoms with Crippen LogP contribution in [0, 0.1) is 21.8 Å². The molecule has 2 rings (SSSR count). The zero-order valence-corrected chi connectivity index (χ0v) is 11.1. The molecule has 1 heterocycles. The summed E-state index contributed by atoms with van der Waals surface area (Å²) in [5.74, 6) is -0.550. The van der Waals surface area contributed by atoms with Crippen LogP contribution in [-0.4, -0.2) is 24.1 Å². The van der Waals surface area contributed by atoms with E-state index in [1.807, 2.05) is 6.92 Å². The van der Waals surface area contributed by atoms with Crippen molar-refractivity contribution in [3.8, 4) is 5.75 Å². The van der Waals surface area contributed by atoms with Gasteiger partial charge in [0.15, 0.2) is 5.75 Å². The Hall–Kier alpha value is -1.40. The van der Waals surface area contributed by atoms with Gasteiger partial charge in [-0.25, -0.2) is 4.39 Å². The molecule has 1 N–H and O–H groups in total. The lowest BCUT2D eigenvalue weighted by atomic mass is 9.97. The molecule has 1 aromatic carbocycles. The van der Waals surface area contributed by atoms with E-state index in [0.717, 1.165) is 25.1 Å². The van der Waals surface area contributed by atoms with Crippen molar-refractivity contribution in [2.45, 2.75) is 19.4 Å². The lowest BCUT2D eigenvalue weighted by Gasteiger charge is -2.29. The molecule has 0 aliphatic carbocycles. The monoisotopic (exact) mass is 288 g/mol. The van der Waals surface area contributed by atoms with E-state index in [0.29, 0.717) is 6.54 Å². The lowest BCUT2D eigenvalue weighted by molar-refractivity contribution is -0.386. The Kier molecular flexibility index (Phi) is 4.21. The highest BCUT2D eigenvalue weighted by atomic mass is 35.5. The van der Waals surface area contributed by atoms with Gasteiger partial charge in [-0.1, -0.05) is 18.5 Å². The number of piperidine rings is 1. The van der Waals surface area contributed by atoms with E-state index < -0.39 is 10.7 Å². The van der Waals surface area contributed by atoms with Crippen LogP contribution in [0.1, 0.15) is 13.3 Å². The van der Waals surface area contributed by atoms with E-state index in [1.165, 1.54) is 0 Å². The van der Waals surface area contributed by atoms with E-state index in [1.54, 1.807) is 0 Å². The summed E-state index contributed by atoms with van der Waals surface area (Å²) in [7, 11) is 0. The summed E-state index contributed by atoms with van der Waals surface area (Å²) >= 11 is 5.55. The zero-order chi connectivity index (χ0) is 14.0. The SMILES string of the molecule is CC1CCNCC1Oc1cc(F)c(Cl)cc1[N+](=O)[O-]. The molecule has 7 heteroatoms. The first-order valence-corrected chi connectivity index (χ1v) is 6.37. The van der Waals surface area contributed by atoms with Crippen molar-refractivity contribution in [2.75, 3.05) is 13.1 Å². The molecule has 1 aliphatic rings. The Morgan fingerprint density at radius 3 is 2.95 bits per heavy atom. The van der Waals surface area contributed by atoms with Gasteiger partial charge in [0.2, 0.25) is 0 Å². The van der Waals surface area contributed by atoms with Crippen LogP contribution >= 0.6 is 11.6 Å². The van der Waals surface area contributed by atoms with Crippen LogP contribution in [0.5, 0.6) is 5.75 Å². The third-order valence-electron chi connectivity index (χ3n) is 3.23. The minimum Gasteiger partial charge on any atom is -0.482 e. The van der Waals surface area contributed by atoms with Crippen molar-refractivity contribution < 1.29 is 14.1 Å². The van der Waals surface area contributed by atoms with Crippen molar-refractivity contribution >= 4 is 17.3 Å². The maximum atomic E-state index is 13.4. The van der Waals surface area contributed by atoms with Crippen LogP contribution in [0.4, 0.5) is 10.1 Å². The fourth-order valence-electron chi connectivity index (χ4n) is 2.04. The Morgan fingerprint density at radius 2 is 2.32 bits per heavy atom. The summed E-state index contributed by atoms with van der Waals surface area (Å²) in [4.78, 5) is 10.3. The summed E-state index contributed by atoms with van der Waals surface area (Å²) in [6.45, 7) is 3.48. The van der Waals surface area contributed by atoms with Gasteiger partial charge in [0.1, 0.15) is 11.9 Å². The molecule has 0 radical (unpaired) electrons. The van der Waals surface area contributed by atoms with Gasteiger partial charge in [0, 0.05) is 18.7 Å². The molecule has 1 saturated heterocycles. The molecule has 2 atom stereocenters. The molecule has 104 valence electrons. The van der Waals surface area contributed by atoms with Crippen LogP contribution in [-0.2, 0) is 0 Å².